The lowest BCUT2D eigenvalue weighted by molar-refractivity contribution is -0.136. The van der Waals surface area contributed by atoms with Crippen molar-refractivity contribution in [2.24, 2.45) is 5.41 Å². The Kier molecular flexibility index (Phi) is 6.01. The highest BCUT2D eigenvalue weighted by Gasteiger charge is 2.29. The largest absolute Gasteiger partial charge is 0.481 e. The first-order valence-electron chi connectivity index (χ1n) is 12.2. The van der Waals surface area contributed by atoms with E-state index in [-0.39, 0.29) is 11.8 Å². The van der Waals surface area contributed by atoms with Gasteiger partial charge in [-0.25, -0.2) is 4.98 Å². The van der Waals surface area contributed by atoms with Crippen LogP contribution in [0.15, 0.2) is 54.6 Å². The number of benzene rings is 1. The number of hydrogen-bond donors (Lipinski definition) is 1. The van der Waals surface area contributed by atoms with E-state index < -0.39 is 5.97 Å². The van der Waals surface area contributed by atoms with E-state index in [1.807, 2.05) is 53.9 Å². The van der Waals surface area contributed by atoms with Gasteiger partial charge in [-0.15, -0.1) is 0 Å². The van der Waals surface area contributed by atoms with Gasteiger partial charge < -0.3 is 10.0 Å². The Morgan fingerprint density at radius 3 is 2.46 bits per heavy atom. The van der Waals surface area contributed by atoms with Gasteiger partial charge in [0.15, 0.2) is 5.65 Å². The Morgan fingerprint density at radius 2 is 1.74 bits per heavy atom. The van der Waals surface area contributed by atoms with Crippen LogP contribution in [0.4, 0.5) is 5.82 Å². The van der Waals surface area contributed by atoms with E-state index in [0.29, 0.717) is 5.65 Å². The number of carboxylic acids is 1. The maximum Gasteiger partial charge on any atom is 0.308 e. The maximum absolute atomic E-state index is 11.7. The second-order valence-corrected chi connectivity index (χ2v) is 10.2. The second kappa shape index (κ2) is 9.13. The number of piperidine rings is 1. The minimum Gasteiger partial charge on any atom is -0.481 e. The van der Waals surface area contributed by atoms with Gasteiger partial charge in [0.1, 0.15) is 11.5 Å². The van der Waals surface area contributed by atoms with Crippen molar-refractivity contribution in [2.75, 3.05) is 18.0 Å². The summed E-state index contributed by atoms with van der Waals surface area (Å²) >= 11 is 0. The summed E-state index contributed by atoms with van der Waals surface area (Å²) in [5.41, 5.74) is 6.15. The summed E-state index contributed by atoms with van der Waals surface area (Å²) in [6, 6.07) is 18.2. The molecule has 35 heavy (non-hydrogen) atoms. The minimum absolute atomic E-state index is 0.0794. The molecule has 0 saturated carbocycles. The highest BCUT2D eigenvalue weighted by Crippen LogP contribution is 2.35. The van der Waals surface area contributed by atoms with Crippen molar-refractivity contribution in [1.82, 2.24) is 19.6 Å². The van der Waals surface area contributed by atoms with Crippen LogP contribution in [-0.2, 0) is 17.6 Å². The van der Waals surface area contributed by atoms with E-state index in [4.69, 9.17) is 15.1 Å². The zero-order valence-electron chi connectivity index (χ0n) is 20.5. The molecule has 180 valence electrons. The van der Waals surface area contributed by atoms with Gasteiger partial charge in [-0.3, -0.25) is 9.78 Å². The number of aliphatic carboxylic acids is 1. The summed E-state index contributed by atoms with van der Waals surface area (Å²) in [5.74, 6) is -0.0208. The lowest BCUT2D eigenvalue weighted by Gasteiger charge is -2.38. The predicted molar refractivity (Wildman–Crippen MR) is 137 cm³/mol. The van der Waals surface area contributed by atoms with Gasteiger partial charge >= 0.3 is 5.97 Å². The molecule has 0 spiro atoms. The molecule has 4 aromatic rings. The first-order chi connectivity index (χ1) is 16.8. The van der Waals surface area contributed by atoms with Crippen LogP contribution in [0.3, 0.4) is 0 Å². The molecular weight excluding hydrogens is 438 g/mol. The third-order valence-electron chi connectivity index (χ3n) is 6.92. The summed E-state index contributed by atoms with van der Waals surface area (Å²) in [5, 5.41) is 14.5. The summed E-state index contributed by atoms with van der Waals surface area (Å²) < 4.78 is 1.82. The zero-order valence-corrected chi connectivity index (χ0v) is 20.5. The van der Waals surface area contributed by atoms with Gasteiger partial charge in [0, 0.05) is 42.5 Å². The molecule has 1 aliphatic heterocycles. The Labute approximate surface area is 205 Å². The molecule has 1 saturated heterocycles. The number of carboxylic acid groups (broad SMARTS) is 1. The van der Waals surface area contributed by atoms with Crippen molar-refractivity contribution < 1.29 is 9.90 Å². The molecule has 1 N–H and O–H groups in total. The van der Waals surface area contributed by atoms with E-state index in [1.165, 1.54) is 5.56 Å². The van der Waals surface area contributed by atoms with Crippen molar-refractivity contribution in [3.05, 3.63) is 77.1 Å². The number of carbonyl (C=O) groups is 1. The standard InChI is InChI=1S/C28H31N5O2/c1-19-22(17-26(34)35)27(32-14-12-28(2,3)13-15-32)33-25(29-19)18-24(31-33)23-11-7-10-21(30-23)16-20-8-5-4-6-9-20/h4-11,18H,12-17H2,1-3H3,(H,34,35). The van der Waals surface area contributed by atoms with Gasteiger partial charge in [-0.1, -0.05) is 50.2 Å². The number of pyridine rings is 1. The fourth-order valence-electron chi connectivity index (χ4n) is 4.79. The van der Waals surface area contributed by atoms with E-state index in [0.717, 1.165) is 66.5 Å². The van der Waals surface area contributed by atoms with Gasteiger partial charge in [-0.2, -0.15) is 9.61 Å². The molecule has 0 aliphatic carbocycles. The summed E-state index contributed by atoms with van der Waals surface area (Å²) in [6.45, 7) is 8.18. The highest BCUT2D eigenvalue weighted by molar-refractivity contribution is 5.75. The molecular formula is C28H31N5O2. The Balaban J connectivity index is 1.57. The number of anilines is 1. The van der Waals surface area contributed by atoms with Gasteiger partial charge in [0.05, 0.1) is 12.1 Å². The average Bonchev–Trinajstić information content (AvgIpc) is 3.24. The Bertz CT molecular complexity index is 1370. The molecule has 3 aromatic heterocycles. The molecule has 1 aliphatic rings. The van der Waals surface area contributed by atoms with Crippen LogP contribution in [0.2, 0.25) is 0 Å². The fraction of sp³-hybridized carbons (Fsp3) is 0.357. The third-order valence-corrected chi connectivity index (χ3v) is 6.92. The number of nitrogens with zero attached hydrogens (tertiary/aromatic N) is 5. The first kappa shape index (κ1) is 23.0. The smallest absolute Gasteiger partial charge is 0.308 e. The van der Waals surface area contributed by atoms with Crippen molar-refractivity contribution in [3.8, 4) is 11.4 Å². The van der Waals surface area contributed by atoms with E-state index in [9.17, 15) is 9.90 Å². The quantitative estimate of drug-likeness (QED) is 0.430. The van der Waals surface area contributed by atoms with Gasteiger partial charge in [-0.05, 0) is 42.9 Å². The Hall–Kier alpha value is -3.74. The summed E-state index contributed by atoms with van der Waals surface area (Å²) in [6.07, 6.45) is 2.75. The molecule has 0 amide bonds. The lowest BCUT2D eigenvalue weighted by atomic mass is 9.82. The van der Waals surface area contributed by atoms with E-state index in [2.05, 4.69) is 30.9 Å². The maximum atomic E-state index is 11.7. The monoisotopic (exact) mass is 469 g/mol. The van der Waals surface area contributed by atoms with Gasteiger partial charge in [0.2, 0.25) is 0 Å². The minimum atomic E-state index is -0.865. The molecule has 1 aromatic carbocycles. The molecule has 5 rings (SSSR count). The molecule has 7 nitrogen and oxygen atoms in total. The van der Waals surface area contributed by atoms with Crippen LogP contribution in [-0.4, -0.2) is 43.7 Å². The van der Waals surface area contributed by atoms with E-state index >= 15 is 0 Å². The average molecular weight is 470 g/mol. The van der Waals surface area contributed by atoms with Crippen molar-refractivity contribution in [2.45, 2.75) is 46.5 Å². The SMILES string of the molecule is Cc1nc2cc(-c3cccc(Cc4ccccc4)n3)nn2c(N2CCC(C)(C)CC2)c1CC(=O)O. The number of hydrogen-bond acceptors (Lipinski definition) is 5. The normalized spacial score (nSPS) is 15.5. The molecule has 4 heterocycles. The molecule has 1 fully saturated rings. The second-order valence-electron chi connectivity index (χ2n) is 10.2. The summed E-state index contributed by atoms with van der Waals surface area (Å²) in [7, 11) is 0. The van der Waals surface area contributed by atoms with Gasteiger partial charge in [0.25, 0.3) is 0 Å². The van der Waals surface area contributed by atoms with Crippen molar-refractivity contribution >= 4 is 17.4 Å². The molecule has 0 atom stereocenters. The fourth-order valence-corrected chi connectivity index (χ4v) is 4.79. The van der Waals surface area contributed by atoms with Crippen LogP contribution in [0.5, 0.6) is 0 Å². The topological polar surface area (TPSA) is 83.6 Å². The molecule has 0 radical (unpaired) electrons. The third kappa shape index (κ3) is 4.90. The van der Waals surface area contributed by atoms with Crippen LogP contribution < -0.4 is 4.90 Å². The number of rotatable bonds is 6. The summed E-state index contributed by atoms with van der Waals surface area (Å²) in [4.78, 5) is 23.6. The van der Waals surface area contributed by atoms with Crippen molar-refractivity contribution in [1.29, 1.82) is 0 Å². The first-order valence-corrected chi connectivity index (χ1v) is 12.2. The number of aromatic nitrogens is 4. The van der Waals surface area contributed by atoms with Crippen LogP contribution in [0.25, 0.3) is 17.0 Å². The lowest BCUT2D eigenvalue weighted by Crippen LogP contribution is -2.39. The van der Waals surface area contributed by atoms with Crippen LogP contribution in [0, 0.1) is 12.3 Å². The van der Waals surface area contributed by atoms with E-state index in [1.54, 1.807) is 0 Å². The molecule has 7 heteroatoms. The molecule has 0 unspecified atom stereocenters. The highest BCUT2D eigenvalue weighted by atomic mass is 16.4. The number of aryl methyl sites for hydroxylation is 1. The van der Waals surface area contributed by atoms with Crippen molar-refractivity contribution in [3.63, 3.8) is 0 Å². The Morgan fingerprint density at radius 1 is 1.00 bits per heavy atom. The molecule has 0 bridgehead atoms. The zero-order chi connectivity index (χ0) is 24.6. The number of fused-ring (bicyclic) bond motifs is 1. The van der Waals surface area contributed by atoms with Crippen LogP contribution in [0.1, 0.15) is 49.2 Å². The predicted octanol–water partition coefficient (Wildman–Crippen LogP) is 4.94. The van der Waals surface area contributed by atoms with Crippen LogP contribution >= 0.6 is 0 Å².